The van der Waals surface area contributed by atoms with Gasteiger partial charge < -0.3 is 14.5 Å². The lowest BCUT2D eigenvalue weighted by Crippen LogP contribution is -2.29. The minimum atomic E-state index is -3.22. The van der Waals surface area contributed by atoms with Crippen LogP contribution >= 0.6 is 11.6 Å². The van der Waals surface area contributed by atoms with Crippen molar-refractivity contribution >= 4 is 23.2 Å². The minimum absolute atomic E-state index is 0.109. The minimum Gasteiger partial charge on any atom is -0.381 e. The normalized spacial score (nSPS) is 21.9. The maximum absolute atomic E-state index is 14.4. The lowest BCUT2D eigenvalue weighted by atomic mass is 9.83. The number of nitrogens with one attached hydrogen (secondary N) is 1. The van der Waals surface area contributed by atoms with Gasteiger partial charge in [-0.3, -0.25) is 4.79 Å². The lowest BCUT2D eigenvalue weighted by Gasteiger charge is -2.28. The molecule has 0 bridgehead atoms. The molecular formula is C22H26ClF4N3O2. The summed E-state index contributed by atoms with van der Waals surface area (Å²) in [6.07, 6.45) is 2.49. The molecule has 0 spiro atoms. The molecule has 10 heteroatoms. The molecule has 2 aliphatic rings. The van der Waals surface area contributed by atoms with Gasteiger partial charge in [-0.15, -0.1) is 0 Å². The molecule has 1 amide bonds. The molecule has 1 aliphatic heterocycles. The fourth-order valence-electron chi connectivity index (χ4n) is 4.49. The van der Waals surface area contributed by atoms with Crippen molar-refractivity contribution in [3.63, 3.8) is 0 Å². The van der Waals surface area contributed by atoms with Gasteiger partial charge in [0.1, 0.15) is 11.3 Å². The summed E-state index contributed by atoms with van der Waals surface area (Å²) in [6.45, 7) is 2.44. The van der Waals surface area contributed by atoms with E-state index in [1.54, 1.807) is 0 Å². The van der Waals surface area contributed by atoms with Gasteiger partial charge in [0.25, 0.3) is 11.8 Å². The SMILES string of the molecule is CC(F)(F)c1nc2cc(C(=O)NCC3CCOC3)c(Cl)cn2c1CC1CCC(F)(F)CC1. The first-order chi connectivity index (χ1) is 15.0. The molecule has 2 fully saturated rings. The van der Waals surface area contributed by atoms with E-state index in [9.17, 15) is 22.4 Å². The predicted molar refractivity (Wildman–Crippen MR) is 112 cm³/mol. The van der Waals surface area contributed by atoms with E-state index in [1.165, 1.54) is 16.7 Å². The van der Waals surface area contributed by atoms with Crippen LogP contribution in [0.2, 0.25) is 5.02 Å². The van der Waals surface area contributed by atoms with E-state index in [1.807, 2.05) is 0 Å². The molecule has 0 radical (unpaired) electrons. The fraction of sp³-hybridized carbons (Fsp3) is 0.636. The van der Waals surface area contributed by atoms with E-state index in [2.05, 4.69) is 10.3 Å². The molecule has 1 aliphatic carbocycles. The zero-order chi connectivity index (χ0) is 23.1. The summed E-state index contributed by atoms with van der Waals surface area (Å²) >= 11 is 6.35. The van der Waals surface area contributed by atoms with Crippen molar-refractivity contribution < 1.29 is 27.1 Å². The van der Waals surface area contributed by atoms with Crippen LogP contribution in [0.15, 0.2) is 12.3 Å². The molecule has 2 aromatic heterocycles. The Balaban J connectivity index is 1.61. The molecule has 1 saturated carbocycles. The topological polar surface area (TPSA) is 55.6 Å². The van der Waals surface area contributed by atoms with Gasteiger partial charge in [0.05, 0.1) is 22.9 Å². The van der Waals surface area contributed by atoms with Crippen molar-refractivity contribution in [1.29, 1.82) is 0 Å². The Kier molecular flexibility index (Phi) is 6.42. The summed E-state index contributed by atoms with van der Waals surface area (Å²) in [5, 5.41) is 2.92. The molecule has 1 N–H and O–H groups in total. The number of aromatic nitrogens is 2. The molecule has 1 saturated heterocycles. The van der Waals surface area contributed by atoms with Crippen LogP contribution in [0.25, 0.3) is 5.65 Å². The Hall–Kier alpha value is -1.87. The van der Waals surface area contributed by atoms with Crippen LogP contribution in [0.5, 0.6) is 0 Å². The molecular weight excluding hydrogens is 450 g/mol. The zero-order valence-corrected chi connectivity index (χ0v) is 18.5. The smallest absolute Gasteiger partial charge is 0.288 e. The van der Waals surface area contributed by atoms with Crippen molar-refractivity contribution in [2.75, 3.05) is 19.8 Å². The van der Waals surface area contributed by atoms with Crippen molar-refractivity contribution in [1.82, 2.24) is 14.7 Å². The number of pyridine rings is 1. The number of alkyl halides is 4. The van der Waals surface area contributed by atoms with Crippen LogP contribution < -0.4 is 5.32 Å². The van der Waals surface area contributed by atoms with Crippen LogP contribution in [-0.4, -0.2) is 41.0 Å². The van der Waals surface area contributed by atoms with E-state index in [0.29, 0.717) is 19.8 Å². The Bertz CT molecular complexity index is 989. The van der Waals surface area contributed by atoms with Crippen LogP contribution in [0.3, 0.4) is 0 Å². The van der Waals surface area contributed by atoms with Crippen molar-refractivity contribution in [3.05, 3.63) is 34.2 Å². The number of rotatable bonds is 6. The number of ether oxygens (including phenoxy) is 1. The molecule has 5 nitrogen and oxygen atoms in total. The summed E-state index contributed by atoms with van der Waals surface area (Å²) < 4.78 is 62.5. The summed E-state index contributed by atoms with van der Waals surface area (Å²) in [7, 11) is 0. The number of hydrogen-bond donors (Lipinski definition) is 1. The average molecular weight is 476 g/mol. The number of halogens is 5. The number of carbonyl (C=O) groups excluding carboxylic acids is 1. The van der Waals surface area contributed by atoms with Crippen molar-refractivity contribution in [3.8, 4) is 0 Å². The van der Waals surface area contributed by atoms with Crippen LogP contribution in [0.1, 0.15) is 60.8 Å². The Morgan fingerprint density at radius 3 is 2.66 bits per heavy atom. The summed E-state index contributed by atoms with van der Waals surface area (Å²) in [5.41, 5.74) is 0.167. The highest BCUT2D eigenvalue weighted by Gasteiger charge is 2.38. The van der Waals surface area contributed by atoms with E-state index < -0.39 is 23.4 Å². The van der Waals surface area contributed by atoms with E-state index >= 15 is 0 Å². The molecule has 2 aromatic rings. The molecule has 1 atom stereocenters. The van der Waals surface area contributed by atoms with Gasteiger partial charge in [0.15, 0.2) is 0 Å². The van der Waals surface area contributed by atoms with E-state index in [0.717, 1.165) is 13.3 Å². The Labute approximate surface area is 188 Å². The number of hydrogen-bond acceptors (Lipinski definition) is 3. The molecule has 1 unspecified atom stereocenters. The molecule has 176 valence electrons. The second kappa shape index (κ2) is 8.82. The van der Waals surface area contributed by atoms with E-state index in [-0.39, 0.29) is 65.9 Å². The standard InChI is InChI=1S/C22H26ClF4N3O2/c1-21(24,25)19-17(8-13-2-5-22(26,27)6-3-13)30-11-16(23)15(9-18(30)29-19)20(31)28-10-14-4-7-32-12-14/h9,11,13-14H,2-8,10,12H2,1H3,(H,28,31). The molecule has 32 heavy (non-hydrogen) atoms. The van der Waals surface area contributed by atoms with E-state index in [4.69, 9.17) is 16.3 Å². The number of carbonyl (C=O) groups is 1. The first-order valence-corrected chi connectivity index (χ1v) is 11.2. The average Bonchev–Trinajstić information content (AvgIpc) is 3.35. The summed E-state index contributed by atoms with van der Waals surface area (Å²) in [5.74, 6) is -6.24. The van der Waals surface area contributed by atoms with Gasteiger partial charge in [0, 0.05) is 45.0 Å². The maximum atomic E-state index is 14.4. The lowest BCUT2D eigenvalue weighted by molar-refractivity contribution is -0.0460. The highest BCUT2D eigenvalue weighted by Crippen LogP contribution is 2.39. The summed E-state index contributed by atoms with van der Waals surface area (Å²) in [6, 6.07) is 1.40. The highest BCUT2D eigenvalue weighted by molar-refractivity contribution is 6.33. The van der Waals surface area contributed by atoms with Crippen LogP contribution in [-0.2, 0) is 17.1 Å². The quantitative estimate of drug-likeness (QED) is 0.582. The second-order valence-electron chi connectivity index (χ2n) is 9.00. The van der Waals surface area contributed by atoms with Gasteiger partial charge in [-0.2, -0.15) is 8.78 Å². The molecule has 4 rings (SSSR count). The van der Waals surface area contributed by atoms with Crippen LogP contribution in [0, 0.1) is 11.8 Å². The largest absolute Gasteiger partial charge is 0.381 e. The van der Waals surface area contributed by atoms with Gasteiger partial charge in [-0.05, 0) is 37.7 Å². The van der Waals surface area contributed by atoms with Crippen molar-refractivity contribution in [2.45, 2.75) is 57.3 Å². The Morgan fingerprint density at radius 2 is 2.03 bits per heavy atom. The van der Waals surface area contributed by atoms with Gasteiger partial charge in [-0.1, -0.05) is 11.6 Å². The first kappa shape index (κ1) is 23.3. The molecule has 0 aromatic carbocycles. The second-order valence-corrected chi connectivity index (χ2v) is 9.41. The van der Waals surface area contributed by atoms with Gasteiger partial charge >= 0.3 is 0 Å². The molecule has 3 heterocycles. The van der Waals surface area contributed by atoms with Crippen molar-refractivity contribution in [2.24, 2.45) is 11.8 Å². The van der Waals surface area contributed by atoms with Gasteiger partial charge in [-0.25, -0.2) is 13.8 Å². The Morgan fingerprint density at radius 1 is 1.31 bits per heavy atom. The number of amides is 1. The van der Waals surface area contributed by atoms with Gasteiger partial charge in [0.2, 0.25) is 5.92 Å². The third-order valence-electron chi connectivity index (χ3n) is 6.36. The number of nitrogens with zero attached hydrogens (tertiary/aromatic N) is 2. The number of imidazole rings is 1. The fourth-order valence-corrected chi connectivity index (χ4v) is 4.72. The van der Waals surface area contributed by atoms with Crippen LogP contribution in [0.4, 0.5) is 17.6 Å². The first-order valence-electron chi connectivity index (χ1n) is 10.9. The highest BCUT2D eigenvalue weighted by atomic mass is 35.5. The third kappa shape index (κ3) is 5.03. The maximum Gasteiger partial charge on any atom is 0.288 e. The monoisotopic (exact) mass is 475 g/mol. The summed E-state index contributed by atoms with van der Waals surface area (Å²) in [4.78, 5) is 16.7. The number of fused-ring (bicyclic) bond motifs is 1. The zero-order valence-electron chi connectivity index (χ0n) is 17.8. The predicted octanol–water partition coefficient (Wildman–Crippen LogP) is 5.23. The third-order valence-corrected chi connectivity index (χ3v) is 6.67.